The number of aryl methyl sites for hydroxylation is 1. The molecular formula is C18H17F2N5O. The second kappa shape index (κ2) is 6.99. The number of nitrogens with one attached hydrogen (secondary N) is 1. The van der Waals surface area contributed by atoms with Crippen molar-refractivity contribution in [3.63, 3.8) is 0 Å². The highest BCUT2D eigenvalue weighted by atomic mass is 19.1. The molecule has 0 aliphatic rings. The van der Waals surface area contributed by atoms with E-state index in [1.165, 1.54) is 18.3 Å². The third-order valence-electron chi connectivity index (χ3n) is 3.91. The first-order chi connectivity index (χ1) is 12.4. The summed E-state index contributed by atoms with van der Waals surface area (Å²) in [6, 6.07) is 2.60. The maximum atomic E-state index is 14.5. The van der Waals surface area contributed by atoms with Crippen molar-refractivity contribution in [3.8, 4) is 11.3 Å². The molecule has 0 aliphatic heterocycles. The van der Waals surface area contributed by atoms with Crippen LogP contribution in [0.15, 0.2) is 24.5 Å². The predicted molar refractivity (Wildman–Crippen MR) is 94.5 cm³/mol. The molecule has 3 N–H and O–H groups in total. The summed E-state index contributed by atoms with van der Waals surface area (Å²) >= 11 is 0. The van der Waals surface area contributed by atoms with E-state index in [9.17, 15) is 13.6 Å². The number of nitrogen functional groups attached to an aromatic ring is 1. The van der Waals surface area contributed by atoms with Crippen molar-refractivity contribution in [2.45, 2.75) is 20.3 Å². The number of aromatic nitrogens is 3. The van der Waals surface area contributed by atoms with Gasteiger partial charge in [0.15, 0.2) is 11.5 Å². The number of benzene rings is 1. The summed E-state index contributed by atoms with van der Waals surface area (Å²) in [6.45, 7) is 3.98. The minimum absolute atomic E-state index is 0.0443. The van der Waals surface area contributed by atoms with Gasteiger partial charge in [-0.25, -0.2) is 23.7 Å². The number of amides is 1. The minimum atomic E-state index is -0.759. The monoisotopic (exact) mass is 357 g/mol. The fourth-order valence-electron chi connectivity index (χ4n) is 2.66. The van der Waals surface area contributed by atoms with E-state index in [0.717, 1.165) is 12.6 Å². The molecule has 6 nitrogen and oxygen atoms in total. The van der Waals surface area contributed by atoms with Crippen LogP contribution in [0.25, 0.3) is 22.0 Å². The molecule has 0 aliphatic carbocycles. The molecule has 0 unspecified atom stereocenters. The third-order valence-corrected chi connectivity index (χ3v) is 3.91. The first-order valence-electron chi connectivity index (χ1n) is 8.08. The zero-order valence-corrected chi connectivity index (χ0v) is 14.3. The molecule has 0 bridgehead atoms. The van der Waals surface area contributed by atoms with E-state index in [0.29, 0.717) is 17.8 Å². The highest BCUT2D eigenvalue weighted by Gasteiger charge is 2.20. The van der Waals surface area contributed by atoms with Gasteiger partial charge in [0.1, 0.15) is 17.3 Å². The molecule has 0 spiro atoms. The molecule has 1 amide bonds. The van der Waals surface area contributed by atoms with Gasteiger partial charge in [0.05, 0.1) is 11.9 Å². The number of halogens is 2. The van der Waals surface area contributed by atoms with Crippen molar-refractivity contribution in [1.29, 1.82) is 0 Å². The lowest BCUT2D eigenvalue weighted by molar-refractivity contribution is 0.0950. The molecule has 0 fully saturated rings. The molecular weight excluding hydrogens is 340 g/mol. The predicted octanol–water partition coefficient (Wildman–Crippen LogP) is 3.00. The lowest BCUT2D eigenvalue weighted by Gasteiger charge is -2.12. The topological polar surface area (TPSA) is 93.8 Å². The van der Waals surface area contributed by atoms with Crippen LogP contribution in [0.4, 0.5) is 14.5 Å². The Morgan fingerprint density at radius 3 is 2.65 bits per heavy atom. The molecule has 3 aromatic rings. The van der Waals surface area contributed by atoms with Gasteiger partial charge in [0.25, 0.3) is 5.91 Å². The number of carbonyl (C=O) groups is 1. The summed E-state index contributed by atoms with van der Waals surface area (Å²) in [4.78, 5) is 24.0. The number of carbonyl (C=O) groups excluding carboxylic acids is 1. The van der Waals surface area contributed by atoms with E-state index in [4.69, 9.17) is 5.73 Å². The largest absolute Gasteiger partial charge is 0.396 e. The third kappa shape index (κ3) is 3.05. The Labute approximate surface area is 148 Å². The number of hydrogen-bond donors (Lipinski definition) is 2. The minimum Gasteiger partial charge on any atom is -0.396 e. The van der Waals surface area contributed by atoms with E-state index in [-0.39, 0.29) is 28.0 Å². The van der Waals surface area contributed by atoms with Crippen LogP contribution in [-0.4, -0.2) is 27.4 Å². The molecule has 3 rings (SSSR count). The van der Waals surface area contributed by atoms with Gasteiger partial charge < -0.3 is 11.1 Å². The lowest BCUT2D eigenvalue weighted by atomic mass is 10.0. The van der Waals surface area contributed by atoms with Gasteiger partial charge in [-0.05, 0) is 25.5 Å². The molecule has 0 saturated heterocycles. The van der Waals surface area contributed by atoms with Crippen LogP contribution in [0.3, 0.4) is 0 Å². The summed E-state index contributed by atoms with van der Waals surface area (Å²) in [7, 11) is 0. The summed E-state index contributed by atoms with van der Waals surface area (Å²) in [5, 5.41) is 3.36. The number of anilines is 1. The van der Waals surface area contributed by atoms with Crippen LogP contribution >= 0.6 is 0 Å². The summed E-state index contributed by atoms with van der Waals surface area (Å²) in [6.07, 6.45) is 3.06. The summed E-state index contributed by atoms with van der Waals surface area (Å²) < 4.78 is 28.7. The fraction of sp³-hybridized carbons (Fsp3) is 0.222. The van der Waals surface area contributed by atoms with E-state index in [2.05, 4.69) is 20.3 Å². The highest BCUT2D eigenvalue weighted by Crippen LogP contribution is 2.34. The first-order valence-corrected chi connectivity index (χ1v) is 8.08. The summed E-state index contributed by atoms with van der Waals surface area (Å²) in [5.74, 6) is -1.54. The Morgan fingerprint density at radius 2 is 1.92 bits per heavy atom. The number of rotatable bonds is 4. The lowest BCUT2D eigenvalue weighted by Crippen LogP contribution is -2.26. The molecule has 0 atom stereocenters. The van der Waals surface area contributed by atoms with Crippen molar-refractivity contribution in [2.75, 3.05) is 12.3 Å². The maximum absolute atomic E-state index is 14.5. The number of nitrogens with two attached hydrogens (primary N) is 1. The maximum Gasteiger partial charge on any atom is 0.272 e. The smallest absolute Gasteiger partial charge is 0.272 e. The van der Waals surface area contributed by atoms with Crippen molar-refractivity contribution in [3.05, 3.63) is 47.7 Å². The van der Waals surface area contributed by atoms with Crippen molar-refractivity contribution >= 4 is 22.4 Å². The average molecular weight is 357 g/mol. The molecule has 0 saturated carbocycles. The molecule has 0 radical (unpaired) electrons. The zero-order chi connectivity index (χ0) is 18.8. The SMILES string of the molecule is CCCNC(=O)c1ncc2c(-c3nc(C)ncc3F)c(F)ccc2c1N. The molecule has 2 aromatic heterocycles. The van der Waals surface area contributed by atoms with E-state index < -0.39 is 17.5 Å². The van der Waals surface area contributed by atoms with E-state index >= 15 is 0 Å². The Bertz CT molecular complexity index is 1010. The molecule has 2 heterocycles. The van der Waals surface area contributed by atoms with Gasteiger partial charge in [-0.2, -0.15) is 0 Å². The Kier molecular flexibility index (Phi) is 4.75. The fourth-order valence-corrected chi connectivity index (χ4v) is 2.66. The van der Waals surface area contributed by atoms with Crippen LogP contribution in [0, 0.1) is 18.6 Å². The van der Waals surface area contributed by atoms with Crippen molar-refractivity contribution < 1.29 is 13.6 Å². The van der Waals surface area contributed by atoms with Gasteiger partial charge >= 0.3 is 0 Å². The van der Waals surface area contributed by atoms with Crippen LogP contribution in [0.1, 0.15) is 29.7 Å². The summed E-state index contributed by atoms with van der Waals surface area (Å²) in [5.41, 5.74) is 5.99. The van der Waals surface area contributed by atoms with Gasteiger partial charge in [-0.1, -0.05) is 6.92 Å². The molecule has 134 valence electrons. The van der Waals surface area contributed by atoms with Gasteiger partial charge in [0, 0.05) is 29.1 Å². The molecule has 26 heavy (non-hydrogen) atoms. The van der Waals surface area contributed by atoms with E-state index in [1.54, 1.807) is 6.92 Å². The average Bonchev–Trinajstić information content (AvgIpc) is 2.62. The Morgan fingerprint density at radius 1 is 1.15 bits per heavy atom. The number of nitrogens with zero attached hydrogens (tertiary/aromatic N) is 3. The molecule has 8 heteroatoms. The highest BCUT2D eigenvalue weighted by molar-refractivity contribution is 6.09. The van der Waals surface area contributed by atoms with Gasteiger partial charge in [-0.15, -0.1) is 0 Å². The van der Waals surface area contributed by atoms with Crippen LogP contribution < -0.4 is 11.1 Å². The number of pyridine rings is 1. The first kappa shape index (κ1) is 17.7. The second-order valence-electron chi connectivity index (χ2n) is 5.77. The number of fused-ring (bicyclic) bond motifs is 1. The number of hydrogen-bond acceptors (Lipinski definition) is 5. The Hall–Kier alpha value is -3.16. The van der Waals surface area contributed by atoms with E-state index in [1.807, 2.05) is 6.92 Å². The Balaban J connectivity index is 2.23. The second-order valence-corrected chi connectivity index (χ2v) is 5.77. The van der Waals surface area contributed by atoms with Gasteiger partial charge in [-0.3, -0.25) is 4.79 Å². The van der Waals surface area contributed by atoms with Gasteiger partial charge in [0.2, 0.25) is 0 Å². The zero-order valence-electron chi connectivity index (χ0n) is 14.3. The quantitative estimate of drug-likeness (QED) is 0.749. The van der Waals surface area contributed by atoms with Crippen molar-refractivity contribution in [1.82, 2.24) is 20.3 Å². The van der Waals surface area contributed by atoms with Crippen LogP contribution in [0.2, 0.25) is 0 Å². The van der Waals surface area contributed by atoms with Crippen LogP contribution in [0.5, 0.6) is 0 Å². The molecule has 1 aromatic carbocycles. The van der Waals surface area contributed by atoms with Crippen LogP contribution in [-0.2, 0) is 0 Å². The van der Waals surface area contributed by atoms with Crippen molar-refractivity contribution in [2.24, 2.45) is 0 Å². The standard InChI is InChI=1S/C18H17F2N5O/c1-3-6-22-18(26)17-15(21)10-4-5-12(19)14(11(10)7-24-17)16-13(20)8-23-9(2)25-16/h4-5,7-8H,3,6,21H2,1-2H3,(H,22,26). The normalized spacial score (nSPS) is 10.9.